The Morgan fingerprint density at radius 1 is 1.11 bits per heavy atom. The molecule has 144 valence electrons. The Kier molecular flexibility index (Phi) is 4.78. The van der Waals surface area contributed by atoms with Gasteiger partial charge in [-0.1, -0.05) is 30.3 Å². The number of aryl methyl sites for hydroxylation is 1. The number of oxazole rings is 1. The number of nitrogens with zero attached hydrogens (tertiary/aromatic N) is 1. The SMILES string of the molecule is Cc1nc(-c2ccc(S(=O)(=O)N[C@@H](C)Cc3cc4ccccc4o3)cc2)co1. The molecular formula is C21H20N2O4S. The fraction of sp³-hybridized carbons (Fsp3) is 0.190. The van der Waals surface area contributed by atoms with Crippen molar-refractivity contribution in [2.75, 3.05) is 0 Å². The minimum atomic E-state index is -3.64. The van der Waals surface area contributed by atoms with Gasteiger partial charge >= 0.3 is 0 Å². The summed E-state index contributed by atoms with van der Waals surface area (Å²) in [4.78, 5) is 4.45. The van der Waals surface area contributed by atoms with Crippen LogP contribution in [0.25, 0.3) is 22.2 Å². The third-order valence-corrected chi connectivity index (χ3v) is 6.03. The van der Waals surface area contributed by atoms with E-state index in [1.165, 1.54) is 0 Å². The van der Waals surface area contributed by atoms with Crippen LogP contribution in [0.4, 0.5) is 0 Å². The molecule has 7 heteroatoms. The number of para-hydroxylation sites is 1. The van der Waals surface area contributed by atoms with Crippen molar-refractivity contribution in [1.82, 2.24) is 9.71 Å². The molecule has 28 heavy (non-hydrogen) atoms. The van der Waals surface area contributed by atoms with Gasteiger partial charge in [-0.3, -0.25) is 0 Å². The number of nitrogens with one attached hydrogen (secondary N) is 1. The first-order valence-corrected chi connectivity index (χ1v) is 10.4. The number of hydrogen-bond acceptors (Lipinski definition) is 5. The normalized spacial score (nSPS) is 13.1. The highest BCUT2D eigenvalue weighted by Gasteiger charge is 2.19. The van der Waals surface area contributed by atoms with Crippen molar-refractivity contribution in [3.63, 3.8) is 0 Å². The zero-order chi connectivity index (χ0) is 19.7. The van der Waals surface area contributed by atoms with Crippen molar-refractivity contribution in [1.29, 1.82) is 0 Å². The van der Waals surface area contributed by atoms with Crippen LogP contribution in [0.1, 0.15) is 18.6 Å². The monoisotopic (exact) mass is 396 g/mol. The summed E-state index contributed by atoms with van der Waals surface area (Å²) in [7, 11) is -3.64. The van der Waals surface area contributed by atoms with Crippen molar-refractivity contribution >= 4 is 21.0 Å². The Bertz CT molecular complexity index is 1170. The topological polar surface area (TPSA) is 85.3 Å². The van der Waals surface area contributed by atoms with Gasteiger partial charge in [-0.25, -0.2) is 18.1 Å². The highest BCUT2D eigenvalue weighted by Crippen LogP contribution is 2.22. The molecule has 4 rings (SSSR count). The summed E-state index contributed by atoms with van der Waals surface area (Å²) >= 11 is 0. The molecule has 6 nitrogen and oxygen atoms in total. The molecule has 0 saturated heterocycles. The number of hydrogen-bond donors (Lipinski definition) is 1. The molecule has 0 fully saturated rings. The van der Waals surface area contributed by atoms with Crippen molar-refractivity contribution in [2.45, 2.75) is 31.2 Å². The van der Waals surface area contributed by atoms with Crippen LogP contribution < -0.4 is 4.72 Å². The minimum Gasteiger partial charge on any atom is -0.461 e. The van der Waals surface area contributed by atoms with Crippen LogP contribution in [0.15, 0.2) is 74.6 Å². The van der Waals surface area contributed by atoms with Gasteiger partial charge in [-0.05, 0) is 31.2 Å². The number of benzene rings is 2. The summed E-state index contributed by atoms with van der Waals surface area (Å²) in [6.07, 6.45) is 2.01. The predicted molar refractivity (Wildman–Crippen MR) is 106 cm³/mol. The van der Waals surface area contributed by atoms with Gasteiger partial charge in [0.25, 0.3) is 0 Å². The van der Waals surface area contributed by atoms with E-state index in [4.69, 9.17) is 8.83 Å². The first-order valence-electron chi connectivity index (χ1n) is 8.93. The molecule has 0 spiro atoms. The largest absolute Gasteiger partial charge is 0.461 e. The van der Waals surface area contributed by atoms with Crippen LogP contribution in [-0.2, 0) is 16.4 Å². The maximum atomic E-state index is 12.7. The zero-order valence-electron chi connectivity index (χ0n) is 15.5. The van der Waals surface area contributed by atoms with Crippen molar-refractivity contribution in [3.8, 4) is 11.3 Å². The first kappa shape index (κ1) is 18.5. The van der Waals surface area contributed by atoms with Gasteiger partial charge < -0.3 is 8.83 Å². The van der Waals surface area contributed by atoms with E-state index in [-0.39, 0.29) is 10.9 Å². The van der Waals surface area contributed by atoms with E-state index in [2.05, 4.69) is 9.71 Å². The number of rotatable bonds is 6. The van der Waals surface area contributed by atoms with Crippen molar-refractivity contribution in [2.24, 2.45) is 0 Å². The molecule has 0 aliphatic heterocycles. The molecule has 1 atom stereocenters. The predicted octanol–water partition coefficient (Wildman–Crippen LogP) is 4.31. The molecule has 2 aromatic carbocycles. The number of aromatic nitrogens is 1. The van der Waals surface area contributed by atoms with Crippen LogP contribution >= 0.6 is 0 Å². The van der Waals surface area contributed by atoms with E-state index < -0.39 is 10.0 Å². The molecule has 0 bridgehead atoms. The molecule has 0 aliphatic carbocycles. The third kappa shape index (κ3) is 3.85. The van der Waals surface area contributed by atoms with Gasteiger partial charge in [0.1, 0.15) is 23.3 Å². The maximum Gasteiger partial charge on any atom is 0.240 e. The van der Waals surface area contributed by atoms with Crippen LogP contribution in [0.5, 0.6) is 0 Å². The van der Waals surface area contributed by atoms with Crippen molar-refractivity contribution in [3.05, 3.63) is 72.5 Å². The Morgan fingerprint density at radius 2 is 1.86 bits per heavy atom. The van der Waals surface area contributed by atoms with Crippen LogP contribution in [0, 0.1) is 6.92 Å². The van der Waals surface area contributed by atoms with E-state index in [9.17, 15) is 8.42 Å². The Morgan fingerprint density at radius 3 is 2.54 bits per heavy atom. The molecule has 4 aromatic rings. The molecule has 2 aromatic heterocycles. The lowest BCUT2D eigenvalue weighted by Crippen LogP contribution is -2.34. The third-order valence-electron chi connectivity index (χ3n) is 4.42. The Balaban J connectivity index is 1.46. The van der Waals surface area contributed by atoms with Gasteiger partial charge in [0, 0.05) is 30.3 Å². The lowest BCUT2D eigenvalue weighted by molar-refractivity contribution is 0.504. The molecule has 0 saturated carbocycles. The van der Waals surface area contributed by atoms with Crippen LogP contribution in [0.2, 0.25) is 0 Å². The van der Waals surface area contributed by atoms with E-state index in [1.54, 1.807) is 37.5 Å². The molecule has 1 N–H and O–H groups in total. The molecule has 2 heterocycles. The maximum absolute atomic E-state index is 12.7. The average molecular weight is 396 g/mol. The smallest absolute Gasteiger partial charge is 0.240 e. The standard InChI is InChI=1S/C21H20N2O4S/c1-14(11-18-12-17-5-3-4-6-21(17)27-18)23-28(24,25)19-9-7-16(8-10-19)20-13-26-15(2)22-20/h3-10,12-14,23H,11H2,1-2H3/t14-/m0/s1. The summed E-state index contributed by atoms with van der Waals surface area (Å²) < 4.78 is 39.0. The Labute approximate surface area is 163 Å². The second-order valence-electron chi connectivity index (χ2n) is 6.75. The van der Waals surface area contributed by atoms with E-state index in [0.717, 1.165) is 22.3 Å². The van der Waals surface area contributed by atoms with E-state index in [0.29, 0.717) is 18.0 Å². The Hall–Kier alpha value is -2.90. The zero-order valence-corrected chi connectivity index (χ0v) is 16.4. The number of fused-ring (bicyclic) bond motifs is 1. The molecule has 0 unspecified atom stereocenters. The van der Waals surface area contributed by atoms with Gasteiger partial charge in [-0.15, -0.1) is 0 Å². The fourth-order valence-electron chi connectivity index (χ4n) is 3.11. The minimum absolute atomic E-state index is 0.202. The second kappa shape index (κ2) is 7.26. The fourth-order valence-corrected chi connectivity index (χ4v) is 4.36. The lowest BCUT2D eigenvalue weighted by atomic mass is 10.2. The molecule has 0 aliphatic rings. The van der Waals surface area contributed by atoms with E-state index >= 15 is 0 Å². The van der Waals surface area contributed by atoms with Crippen LogP contribution in [-0.4, -0.2) is 19.4 Å². The van der Waals surface area contributed by atoms with Gasteiger partial charge in [-0.2, -0.15) is 0 Å². The van der Waals surface area contributed by atoms with E-state index in [1.807, 2.05) is 37.3 Å². The summed E-state index contributed by atoms with van der Waals surface area (Å²) in [5.74, 6) is 1.31. The number of sulfonamides is 1. The average Bonchev–Trinajstić information content (AvgIpc) is 3.26. The van der Waals surface area contributed by atoms with Gasteiger partial charge in [0.2, 0.25) is 10.0 Å². The van der Waals surface area contributed by atoms with Crippen LogP contribution in [0.3, 0.4) is 0 Å². The lowest BCUT2D eigenvalue weighted by Gasteiger charge is -2.13. The second-order valence-corrected chi connectivity index (χ2v) is 8.47. The first-order chi connectivity index (χ1) is 13.4. The van der Waals surface area contributed by atoms with Crippen molar-refractivity contribution < 1.29 is 17.3 Å². The van der Waals surface area contributed by atoms with Gasteiger partial charge in [0.05, 0.1) is 4.90 Å². The summed E-state index contributed by atoms with van der Waals surface area (Å²) in [6, 6.07) is 15.9. The summed E-state index contributed by atoms with van der Waals surface area (Å²) in [5.41, 5.74) is 2.27. The number of furan rings is 1. The molecule has 0 radical (unpaired) electrons. The summed E-state index contributed by atoms with van der Waals surface area (Å²) in [6.45, 7) is 3.58. The van der Waals surface area contributed by atoms with Gasteiger partial charge in [0.15, 0.2) is 5.89 Å². The molecule has 0 amide bonds. The highest BCUT2D eigenvalue weighted by atomic mass is 32.2. The highest BCUT2D eigenvalue weighted by molar-refractivity contribution is 7.89. The summed E-state index contributed by atoms with van der Waals surface area (Å²) in [5, 5.41) is 1.01. The quantitative estimate of drug-likeness (QED) is 0.525. The molecular weight excluding hydrogens is 376 g/mol.